The smallest absolute Gasteiger partial charge is 0.325 e. The van der Waals surface area contributed by atoms with E-state index in [1.165, 1.54) is 6.07 Å². The van der Waals surface area contributed by atoms with Crippen molar-refractivity contribution in [3.63, 3.8) is 0 Å². The van der Waals surface area contributed by atoms with Gasteiger partial charge in [-0.15, -0.1) is 0 Å². The van der Waals surface area contributed by atoms with Crippen LogP contribution in [0, 0.1) is 5.82 Å². The first kappa shape index (κ1) is 24.5. The maximum atomic E-state index is 13.3. The van der Waals surface area contributed by atoms with E-state index >= 15 is 0 Å². The monoisotopic (exact) mass is 492 g/mol. The van der Waals surface area contributed by atoms with Gasteiger partial charge in [-0.1, -0.05) is 30.9 Å². The van der Waals surface area contributed by atoms with Crippen LogP contribution in [0.3, 0.4) is 0 Å². The zero-order valence-electron chi connectivity index (χ0n) is 16.8. The number of benzene rings is 2. The largest absolute Gasteiger partial charge is 0.417 e. The Hall–Kier alpha value is -2.17. The molecule has 1 aliphatic rings. The molecule has 1 amide bonds. The van der Waals surface area contributed by atoms with Gasteiger partial charge < -0.3 is 5.32 Å². The number of anilines is 1. The molecule has 0 aliphatic heterocycles. The molecule has 1 saturated carbocycles. The summed E-state index contributed by atoms with van der Waals surface area (Å²) in [6.07, 6.45) is -1.10. The van der Waals surface area contributed by atoms with Crippen molar-refractivity contribution in [2.24, 2.45) is 0 Å². The molecule has 1 N–H and O–H groups in total. The van der Waals surface area contributed by atoms with Crippen molar-refractivity contribution >= 4 is 33.2 Å². The number of nitrogens with one attached hydrogen (secondary N) is 1. The van der Waals surface area contributed by atoms with Crippen LogP contribution in [0.1, 0.15) is 37.7 Å². The first-order valence-corrected chi connectivity index (χ1v) is 11.7. The summed E-state index contributed by atoms with van der Waals surface area (Å²) in [6.45, 7) is -0.589. The van der Waals surface area contributed by atoms with E-state index in [0.717, 1.165) is 53.9 Å². The molecule has 0 atom stereocenters. The van der Waals surface area contributed by atoms with Crippen LogP contribution < -0.4 is 5.32 Å². The maximum Gasteiger partial charge on any atom is 0.417 e. The fourth-order valence-corrected chi connectivity index (χ4v) is 5.55. The molecule has 11 heteroatoms. The number of carbonyl (C=O) groups excluding carboxylic acids is 1. The van der Waals surface area contributed by atoms with Gasteiger partial charge in [0.1, 0.15) is 5.82 Å². The third kappa shape index (κ3) is 5.79. The molecule has 0 saturated heterocycles. The summed E-state index contributed by atoms with van der Waals surface area (Å²) >= 11 is 5.60. The number of rotatable bonds is 6. The Bertz CT molecular complexity index is 1070. The third-order valence-corrected chi connectivity index (χ3v) is 7.50. The highest BCUT2D eigenvalue weighted by atomic mass is 35.5. The first-order chi connectivity index (χ1) is 15.0. The molecule has 32 heavy (non-hydrogen) atoms. The fraction of sp³-hybridized carbons (Fsp3) is 0.381. The predicted molar refractivity (Wildman–Crippen MR) is 112 cm³/mol. The van der Waals surface area contributed by atoms with Crippen molar-refractivity contribution in [3.05, 3.63) is 58.9 Å². The fourth-order valence-electron chi connectivity index (χ4n) is 3.68. The van der Waals surface area contributed by atoms with E-state index in [2.05, 4.69) is 5.32 Å². The molecule has 0 heterocycles. The molecule has 1 fully saturated rings. The van der Waals surface area contributed by atoms with Crippen molar-refractivity contribution in [2.75, 3.05) is 11.9 Å². The summed E-state index contributed by atoms with van der Waals surface area (Å²) in [5.41, 5.74) is -1.27. The van der Waals surface area contributed by atoms with E-state index in [4.69, 9.17) is 11.6 Å². The van der Waals surface area contributed by atoms with Crippen LogP contribution in [0.4, 0.5) is 23.2 Å². The van der Waals surface area contributed by atoms with Crippen LogP contribution in [0.2, 0.25) is 5.02 Å². The number of nitrogens with zero attached hydrogens (tertiary/aromatic N) is 1. The molecule has 174 valence electrons. The quantitative estimate of drug-likeness (QED) is 0.544. The number of sulfonamides is 1. The number of halogens is 5. The van der Waals surface area contributed by atoms with Crippen LogP contribution in [0.5, 0.6) is 0 Å². The van der Waals surface area contributed by atoms with Gasteiger partial charge in [-0.3, -0.25) is 4.79 Å². The Kier molecular flexibility index (Phi) is 7.46. The lowest BCUT2D eigenvalue weighted by atomic mass is 9.95. The van der Waals surface area contributed by atoms with Gasteiger partial charge in [-0.2, -0.15) is 17.5 Å². The van der Waals surface area contributed by atoms with Crippen molar-refractivity contribution in [1.82, 2.24) is 4.31 Å². The molecule has 0 bridgehead atoms. The van der Waals surface area contributed by atoms with Gasteiger partial charge in [0.25, 0.3) is 0 Å². The predicted octanol–water partition coefficient (Wildman–Crippen LogP) is 5.46. The van der Waals surface area contributed by atoms with E-state index in [0.29, 0.717) is 18.9 Å². The summed E-state index contributed by atoms with van der Waals surface area (Å²) in [4.78, 5) is 12.5. The Morgan fingerprint density at radius 3 is 2.28 bits per heavy atom. The average Bonchev–Trinajstić information content (AvgIpc) is 2.73. The van der Waals surface area contributed by atoms with Crippen LogP contribution in [-0.2, 0) is 21.0 Å². The molecule has 3 rings (SSSR count). The van der Waals surface area contributed by atoms with Gasteiger partial charge in [-0.05, 0) is 55.3 Å². The SMILES string of the molecule is O=C(CN(C1CCCCC1)S(=O)(=O)c1ccc(F)cc1)Nc1ccc(Cl)c(C(F)(F)F)c1. The zero-order valence-corrected chi connectivity index (χ0v) is 18.4. The van der Waals surface area contributed by atoms with Crippen LogP contribution >= 0.6 is 11.6 Å². The van der Waals surface area contributed by atoms with Crippen LogP contribution in [-0.4, -0.2) is 31.2 Å². The minimum atomic E-state index is -4.71. The van der Waals surface area contributed by atoms with Crippen molar-refractivity contribution in [3.8, 4) is 0 Å². The van der Waals surface area contributed by atoms with E-state index in [1.807, 2.05) is 0 Å². The second-order valence-electron chi connectivity index (χ2n) is 7.54. The summed E-state index contributed by atoms with van der Waals surface area (Å²) < 4.78 is 80.0. The van der Waals surface area contributed by atoms with E-state index in [1.54, 1.807) is 0 Å². The topological polar surface area (TPSA) is 66.5 Å². The van der Waals surface area contributed by atoms with Gasteiger partial charge in [-0.25, -0.2) is 12.8 Å². The van der Waals surface area contributed by atoms with Crippen LogP contribution in [0.15, 0.2) is 47.4 Å². The summed E-state index contributed by atoms with van der Waals surface area (Å²) in [7, 11) is -4.14. The van der Waals surface area contributed by atoms with Crippen molar-refractivity contribution in [2.45, 2.75) is 49.2 Å². The number of hydrogen-bond donors (Lipinski definition) is 1. The Morgan fingerprint density at radius 2 is 1.69 bits per heavy atom. The highest BCUT2D eigenvalue weighted by Crippen LogP contribution is 2.36. The molecule has 1 aliphatic carbocycles. The molecular formula is C21H21ClF4N2O3S. The second-order valence-corrected chi connectivity index (χ2v) is 9.83. The second kappa shape index (κ2) is 9.76. The van der Waals surface area contributed by atoms with Gasteiger partial charge in [0.15, 0.2) is 0 Å². The third-order valence-electron chi connectivity index (χ3n) is 5.26. The Morgan fingerprint density at radius 1 is 1.06 bits per heavy atom. The van der Waals surface area contributed by atoms with Gasteiger partial charge >= 0.3 is 6.18 Å². The number of hydrogen-bond acceptors (Lipinski definition) is 3. The molecule has 2 aromatic rings. The molecule has 5 nitrogen and oxygen atoms in total. The first-order valence-electron chi connectivity index (χ1n) is 9.92. The summed E-state index contributed by atoms with van der Waals surface area (Å²) in [5.74, 6) is -1.40. The zero-order chi connectivity index (χ0) is 23.5. The van der Waals surface area contributed by atoms with E-state index < -0.39 is 51.1 Å². The number of carbonyl (C=O) groups is 1. The van der Waals surface area contributed by atoms with Gasteiger partial charge in [0, 0.05) is 11.7 Å². The summed E-state index contributed by atoms with van der Waals surface area (Å²) in [6, 6.07) is 6.72. The lowest BCUT2D eigenvalue weighted by Crippen LogP contribution is -2.45. The highest BCUT2D eigenvalue weighted by molar-refractivity contribution is 7.89. The molecule has 0 radical (unpaired) electrons. The standard InChI is InChI=1S/C21H21ClF4N2O3S/c22-19-11-8-15(12-18(19)21(24,25)26)27-20(29)13-28(16-4-2-1-3-5-16)32(30,31)17-9-6-14(23)7-10-17/h6-12,16H,1-5,13H2,(H,27,29). The van der Waals surface area contributed by atoms with Crippen LogP contribution in [0.25, 0.3) is 0 Å². The molecule has 0 aromatic heterocycles. The summed E-state index contributed by atoms with van der Waals surface area (Å²) in [5, 5.41) is 1.80. The van der Waals surface area contributed by atoms with Crippen molar-refractivity contribution in [1.29, 1.82) is 0 Å². The molecule has 0 spiro atoms. The van der Waals surface area contributed by atoms with Gasteiger partial charge in [0.05, 0.1) is 22.0 Å². The molecular weight excluding hydrogens is 472 g/mol. The molecule has 2 aromatic carbocycles. The average molecular weight is 493 g/mol. The number of amides is 1. The minimum Gasteiger partial charge on any atom is -0.325 e. The lowest BCUT2D eigenvalue weighted by molar-refractivity contribution is -0.137. The van der Waals surface area contributed by atoms with E-state index in [9.17, 15) is 30.8 Å². The maximum absolute atomic E-state index is 13.3. The van der Waals surface area contributed by atoms with Crippen molar-refractivity contribution < 1.29 is 30.8 Å². The Labute approximate surface area is 188 Å². The highest BCUT2D eigenvalue weighted by Gasteiger charge is 2.35. The Balaban J connectivity index is 1.85. The lowest BCUT2D eigenvalue weighted by Gasteiger charge is -2.33. The molecule has 0 unspecified atom stereocenters. The normalized spacial score (nSPS) is 15.7. The minimum absolute atomic E-state index is 0.158. The number of alkyl halides is 3. The van der Waals surface area contributed by atoms with Gasteiger partial charge in [0.2, 0.25) is 15.9 Å². The van der Waals surface area contributed by atoms with E-state index in [-0.39, 0.29) is 10.6 Å².